The van der Waals surface area contributed by atoms with Gasteiger partial charge in [0.15, 0.2) is 5.82 Å². The predicted octanol–water partition coefficient (Wildman–Crippen LogP) is 4.96. The summed E-state index contributed by atoms with van der Waals surface area (Å²) in [7, 11) is 1.62. The van der Waals surface area contributed by atoms with Crippen molar-refractivity contribution < 1.29 is 4.74 Å². The predicted molar refractivity (Wildman–Crippen MR) is 153 cm³/mol. The number of ether oxygens (including phenoxy) is 1. The maximum atomic E-state index is 13.2. The molecular weight excluding hydrogens is 488 g/mol. The van der Waals surface area contributed by atoms with Gasteiger partial charge >= 0.3 is 0 Å². The Morgan fingerprint density at radius 3 is 2.36 bits per heavy atom. The van der Waals surface area contributed by atoms with Crippen molar-refractivity contribution in [1.29, 1.82) is 0 Å². The summed E-state index contributed by atoms with van der Waals surface area (Å²) in [6.07, 6.45) is 2.50. The minimum absolute atomic E-state index is 0.0505. The first kappa shape index (κ1) is 26.3. The molecule has 200 valence electrons. The van der Waals surface area contributed by atoms with Crippen molar-refractivity contribution in [3.05, 3.63) is 118 Å². The van der Waals surface area contributed by atoms with E-state index in [1.54, 1.807) is 7.11 Å². The molecule has 0 aliphatic carbocycles. The average molecular weight is 523 g/mol. The number of H-pyrrole nitrogens is 1. The first-order valence-corrected chi connectivity index (χ1v) is 13.4. The molecule has 0 unspecified atom stereocenters. The second-order valence-corrected chi connectivity index (χ2v) is 9.70. The summed E-state index contributed by atoms with van der Waals surface area (Å²) < 4.78 is 7.24. The van der Waals surface area contributed by atoms with Gasteiger partial charge in [-0.2, -0.15) is 0 Å². The molecule has 0 aliphatic rings. The zero-order valence-electron chi connectivity index (χ0n) is 22.5. The van der Waals surface area contributed by atoms with Gasteiger partial charge in [-0.25, -0.2) is 4.68 Å². The van der Waals surface area contributed by atoms with Crippen LogP contribution >= 0.6 is 0 Å². The number of methoxy groups -OCH3 is 1. The first-order valence-electron chi connectivity index (χ1n) is 13.4. The number of aromatic nitrogens is 5. The highest BCUT2D eigenvalue weighted by atomic mass is 16.5. The SMILES string of the molecule is CC[C@H](c1nnnn1CCc1ccccc1)N(CCc1ccccc1)Cc1cc2ccc(OC)cc2[nH]c1=O. The van der Waals surface area contributed by atoms with Crippen LogP contribution in [-0.2, 0) is 25.9 Å². The Hall–Kier alpha value is -4.30. The van der Waals surface area contributed by atoms with Gasteiger partial charge in [0, 0.05) is 31.3 Å². The van der Waals surface area contributed by atoms with Gasteiger partial charge in [-0.3, -0.25) is 9.69 Å². The molecule has 8 heteroatoms. The van der Waals surface area contributed by atoms with Crippen LogP contribution in [0, 0.1) is 0 Å². The summed E-state index contributed by atoms with van der Waals surface area (Å²) >= 11 is 0. The molecule has 2 heterocycles. The number of tetrazole rings is 1. The Bertz CT molecular complexity index is 1550. The van der Waals surface area contributed by atoms with Crippen LogP contribution < -0.4 is 10.3 Å². The molecular formula is C31H34N6O2. The molecule has 8 nitrogen and oxygen atoms in total. The van der Waals surface area contributed by atoms with E-state index in [0.717, 1.165) is 42.5 Å². The number of benzene rings is 3. The lowest BCUT2D eigenvalue weighted by molar-refractivity contribution is 0.171. The van der Waals surface area contributed by atoms with Gasteiger partial charge < -0.3 is 9.72 Å². The summed E-state index contributed by atoms with van der Waals surface area (Å²) in [4.78, 5) is 18.6. The van der Waals surface area contributed by atoms with E-state index in [1.807, 2.05) is 53.2 Å². The maximum Gasteiger partial charge on any atom is 0.252 e. The van der Waals surface area contributed by atoms with Crippen molar-refractivity contribution in [2.75, 3.05) is 13.7 Å². The quantitative estimate of drug-likeness (QED) is 0.249. The Morgan fingerprint density at radius 1 is 0.949 bits per heavy atom. The monoisotopic (exact) mass is 522 g/mol. The molecule has 3 aromatic carbocycles. The summed E-state index contributed by atoms with van der Waals surface area (Å²) in [6, 6.07) is 28.4. The van der Waals surface area contributed by atoms with Crippen LogP contribution in [0.3, 0.4) is 0 Å². The summed E-state index contributed by atoms with van der Waals surface area (Å²) in [5.74, 6) is 1.53. The highest BCUT2D eigenvalue weighted by Gasteiger charge is 2.25. The van der Waals surface area contributed by atoms with Gasteiger partial charge in [0.05, 0.1) is 18.7 Å². The van der Waals surface area contributed by atoms with Crippen LogP contribution in [-0.4, -0.2) is 43.7 Å². The topological polar surface area (TPSA) is 88.9 Å². The number of hydrogen-bond donors (Lipinski definition) is 1. The third-order valence-electron chi connectivity index (χ3n) is 7.17. The van der Waals surface area contributed by atoms with Crippen LogP contribution in [0.4, 0.5) is 0 Å². The van der Waals surface area contributed by atoms with Gasteiger partial charge in [-0.15, -0.1) is 5.10 Å². The van der Waals surface area contributed by atoms with E-state index in [0.29, 0.717) is 24.4 Å². The van der Waals surface area contributed by atoms with Gasteiger partial charge in [-0.1, -0.05) is 67.6 Å². The molecule has 0 spiro atoms. The second-order valence-electron chi connectivity index (χ2n) is 9.70. The van der Waals surface area contributed by atoms with E-state index in [1.165, 1.54) is 11.1 Å². The fraction of sp³-hybridized carbons (Fsp3) is 0.290. The van der Waals surface area contributed by atoms with Crippen molar-refractivity contribution in [3.63, 3.8) is 0 Å². The van der Waals surface area contributed by atoms with Crippen molar-refractivity contribution in [2.45, 2.75) is 45.3 Å². The third-order valence-corrected chi connectivity index (χ3v) is 7.17. The Labute approximate surface area is 228 Å². The zero-order chi connectivity index (χ0) is 27.0. The number of fused-ring (bicyclic) bond motifs is 1. The molecule has 0 saturated carbocycles. The van der Waals surface area contributed by atoms with Crippen molar-refractivity contribution in [3.8, 4) is 5.75 Å². The van der Waals surface area contributed by atoms with Gasteiger partial charge in [-0.05, 0) is 64.4 Å². The minimum atomic E-state index is -0.0982. The van der Waals surface area contributed by atoms with Gasteiger partial charge in [0.2, 0.25) is 0 Å². The largest absolute Gasteiger partial charge is 0.497 e. The number of aryl methyl sites for hydroxylation is 2. The van der Waals surface area contributed by atoms with E-state index in [2.05, 4.69) is 68.7 Å². The van der Waals surface area contributed by atoms with Crippen molar-refractivity contribution in [1.82, 2.24) is 30.1 Å². The fourth-order valence-electron chi connectivity index (χ4n) is 5.04. The molecule has 5 rings (SSSR count). The molecule has 0 amide bonds. The van der Waals surface area contributed by atoms with Crippen LogP contribution in [0.1, 0.15) is 41.9 Å². The van der Waals surface area contributed by atoms with Crippen LogP contribution in [0.5, 0.6) is 5.75 Å². The third kappa shape index (κ3) is 6.41. The number of nitrogens with zero attached hydrogens (tertiary/aromatic N) is 5. The average Bonchev–Trinajstić information content (AvgIpc) is 3.44. The Kier molecular flexibility index (Phi) is 8.43. The van der Waals surface area contributed by atoms with E-state index in [-0.39, 0.29) is 11.6 Å². The molecule has 0 aliphatic heterocycles. The van der Waals surface area contributed by atoms with Crippen LogP contribution in [0.2, 0.25) is 0 Å². The summed E-state index contributed by atoms with van der Waals surface area (Å²) in [5.41, 5.74) is 3.87. The summed E-state index contributed by atoms with van der Waals surface area (Å²) in [6.45, 7) is 4.07. The normalized spacial score (nSPS) is 12.2. The minimum Gasteiger partial charge on any atom is -0.497 e. The first-order chi connectivity index (χ1) is 19.1. The second kappa shape index (κ2) is 12.5. The number of nitrogens with one attached hydrogen (secondary N) is 1. The van der Waals surface area contributed by atoms with Crippen molar-refractivity contribution in [2.24, 2.45) is 0 Å². The van der Waals surface area contributed by atoms with Gasteiger partial charge in [0.25, 0.3) is 5.56 Å². The molecule has 0 fully saturated rings. The molecule has 2 aromatic heterocycles. The van der Waals surface area contributed by atoms with Crippen LogP contribution in [0.15, 0.2) is 89.7 Å². The lowest BCUT2D eigenvalue weighted by Crippen LogP contribution is -2.34. The van der Waals surface area contributed by atoms with Crippen molar-refractivity contribution >= 4 is 10.9 Å². The lowest BCUT2D eigenvalue weighted by Gasteiger charge is -2.30. The highest BCUT2D eigenvalue weighted by Crippen LogP contribution is 2.26. The zero-order valence-corrected chi connectivity index (χ0v) is 22.5. The smallest absolute Gasteiger partial charge is 0.252 e. The molecule has 0 bridgehead atoms. The fourth-order valence-corrected chi connectivity index (χ4v) is 5.04. The molecule has 1 N–H and O–H groups in total. The maximum absolute atomic E-state index is 13.2. The number of hydrogen-bond acceptors (Lipinski definition) is 6. The number of aromatic amines is 1. The number of pyridine rings is 1. The van der Waals surface area contributed by atoms with E-state index < -0.39 is 0 Å². The summed E-state index contributed by atoms with van der Waals surface area (Å²) in [5, 5.41) is 13.8. The molecule has 1 atom stereocenters. The molecule has 0 saturated heterocycles. The van der Waals surface area contributed by atoms with E-state index >= 15 is 0 Å². The molecule has 5 aromatic rings. The standard InChI is InChI=1S/C31H34N6O2/c1-3-29(30-33-34-35-37(30)19-17-24-12-8-5-9-13-24)36(18-16-23-10-6-4-7-11-23)22-26-20-25-14-15-27(39-2)21-28(25)32-31(26)38/h4-15,20-21,29H,3,16-19,22H2,1-2H3,(H,32,38)/t29-/m1/s1. The lowest BCUT2D eigenvalue weighted by atomic mass is 10.1. The number of rotatable bonds is 12. The molecule has 0 radical (unpaired) electrons. The van der Waals surface area contributed by atoms with Gasteiger partial charge in [0.1, 0.15) is 5.75 Å². The van der Waals surface area contributed by atoms with E-state index in [4.69, 9.17) is 4.74 Å². The van der Waals surface area contributed by atoms with Crippen LogP contribution in [0.25, 0.3) is 10.9 Å². The Morgan fingerprint density at radius 2 is 1.67 bits per heavy atom. The highest BCUT2D eigenvalue weighted by molar-refractivity contribution is 5.80. The molecule has 39 heavy (non-hydrogen) atoms. The Balaban J connectivity index is 1.44. The van der Waals surface area contributed by atoms with E-state index in [9.17, 15) is 4.79 Å².